The maximum absolute atomic E-state index is 11.8. The van der Waals surface area contributed by atoms with Crippen molar-refractivity contribution >= 4 is 23.2 Å². The highest BCUT2D eigenvalue weighted by atomic mass is 32.1. The molecule has 0 radical (unpaired) electrons. The zero-order chi connectivity index (χ0) is 13.4. The Morgan fingerprint density at radius 1 is 1.33 bits per heavy atom. The number of thiocarbonyl (C=S) groups is 1. The molecule has 0 saturated heterocycles. The van der Waals surface area contributed by atoms with Gasteiger partial charge in [0.2, 0.25) is 5.91 Å². The van der Waals surface area contributed by atoms with Crippen LogP contribution in [0.15, 0.2) is 24.3 Å². The first-order chi connectivity index (χ1) is 8.63. The van der Waals surface area contributed by atoms with Crippen molar-refractivity contribution < 1.29 is 4.79 Å². The van der Waals surface area contributed by atoms with E-state index >= 15 is 0 Å². The number of amides is 1. The molecule has 0 atom stereocenters. The van der Waals surface area contributed by atoms with Crippen LogP contribution >= 0.6 is 12.2 Å². The smallest absolute Gasteiger partial charge is 0.230 e. The SMILES string of the molecule is CCCCNC(=S)NC(=O)Cc1ccccc1C. The zero-order valence-electron chi connectivity index (χ0n) is 11.0. The van der Waals surface area contributed by atoms with Gasteiger partial charge in [0.15, 0.2) is 5.11 Å². The van der Waals surface area contributed by atoms with E-state index in [1.54, 1.807) is 0 Å². The third-order valence-corrected chi connectivity index (χ3v) is 2.93. The molecule has 1 aromatic rings. The molecule has 0 saturated carbocycles. The van der Waals surface area contributed by atoms with Crippen LogP contribution in [0.1, 0.15) is 30.9 Å². The van der Waals surface area contributed by atoms with Crippen LogP contribution in [-0.2, 0) is 11.2 Å². The van der Waals surface area contributed by atoms with Crippen molar-refractivity contribution in [3.05, 3.63) is 35.4 Å². The summed E-state index contributed by atoms with van der Waals surface area (Å²) in [5.74, 6) is -0.0710. The van der Waals surface area contributed by atoms with Crippen molar-refractivity contribution in [2.75, 3.05) is 6.54 Å². The van der Waals surface area contributed by atoms with Crippen molar-refractivity contribution in [2.24, 2.45) is 0 Å². The average molecular weight is 264 g/mol. The molecule has 0 fully saturated rings. The largest absolute Gasteiger partial charge is 0.362 e. The van der Waals surface area contributed by atoms with E-state index in [2.05, 4.69) is 17.6 Å². The number of benzene rings is 1. The number of hydrogen-bond donors (Lipinski definition) is 2. The third kappa shape index (κ3) is 5.27. The minimum absolute atomic E-state index is 0.0710. The number of nitrogens with one attached hydrogen (secondary N) is 2. The monoisotopic (exact) mass is 264 g/mol. The normalized spacial score (nSPS) is 9.89. The van der Waals surface area contributed by atoms with Crippen LogP contribution in [0, 0.1) is 6.92 Å². The zero-order valence-corrected chi connectivity index (χ0v) is 11.8. The molecule has 0 aliphatic heterocycles. The fourth-order valence-corrected chi connectivity index (χ4v) is 1.79. The van der Waals surface area contributed by atoms with Gasteiger partial charge in [0, 0.05) is 6.54 Å². The Morgan fingerprint density at radius 3 is 2.72 bits per heavy atom. The number of carbonyl (C=O) groups excluding carboxylic acids is 1. The summed E-state index contributed by atoms with van der Waals surface area (Å²) in [6.45, 7) is 4.92. The van der Waals surface area contributed by atoms with Gasteiger partial charge in [0.1, 0.15) is 0 Å². The molecule has 2 N–H and O–H groups in total. The Balaban J connectivity index is 2.38. The van der Waals surface area contributed by atoms with Gasteiger partial charge in [-0.05, 0) is 36.7 Å². The lowest BCUT2D eigenvalue weighted by Crippen LogP contribution is -2.40. The minimum atomic E-state index is -0.0710. The number of hydrogen-bond acceptors (Lipinski definition) is 2. The second-order valence-electron chi connectivity index (χ2n) is 4.26. The molecule has 0 unspecified atom stereocenters. The van der Waals surface area contributed by atoms with Gasteiger partial charge < -0.3 is 10.6 Å². The summed E-state index contributed by atoms with van der Waals surface area (Å²) in [6.07, 6.45) is 2.52. The molecule has 0 bridgehead atoms. The molecule has 18 heavy (non-hydrogen) atoms. The Morgan fingerprint density at radius 2 is 2.06 bits per heavy atom. The number of rotatable bonds is 5. The lowest BCUT2D eigenvalue weighted by atomic mass is 10.1. The summed E-state index contributed by atoms with van der Waals surface area (Å²) in [5.41, 5.74) is 2.16. The van der Waals surface area contributed by atoms with E-state index in [0.717, 1.165) is 30.5 Å². The average Bonchev–Trinajstić information content (AvgIpc) is 2.32. The summed E-state index contributed by atoms with van der Waals surface area (Å²) in [6, 6.07) is 7.87. The third-order valence-electron chi connectivity index (χ3n) is 2.68. The molecule has 0 aliphatic carbocycles. The highest BCUT2D eigenvalue weighted by Gasteiger charge is 2.06. The van der Waals surface area contributed by atoms with Gasteiger partial charge in [-0.3, -0.25) is 4.79 Å². The molecule has 0 aromatic heterocycles. The summed E-state index contributed by atoms with van der Waals surface area (Å²) in [4.78, 5) is 11.8. The van der Waals surface area contributed by atoms with Gasteiger partial charge in [-0.25, -0.2) is 0 Å². The first-order valence-corrected chi connectivity index (χ1v) is 6.66. The molecule has 0 heterocycles. The predicted octanol–water partition coefficient (Wildman–Crippen LogP) is 2.33. The number of carbonyl (C=O) groups is 1. The van der Waals surface area contributed by atoms with E-state index in [4.69, 9.17) is 12.2 Å². The van der Waals surface area contributed by atoms with Crippen molar-refractivity contribution in [1.82, 2.24) is 10.6 Å². The summed E-state index contributed by atoms with van der Waals surface area (Å²) < 4.78 is 0. The van der Waals surface area contributed by atoms with Crippen molar-refractivity contribution in [3.63, 3.8) is 0 Å². The summed E-state index contributed by atoms with van der Waals surface area (Å²) in [5, 5.41) is 6.13. The fourth-order valence-electron chi connectivity index (χ4n) is 1.58. The Hall–Kier alpha value is -1.42. The van der Waals surface area contributed by atoms with E-state index in [-0.39, 0.29) is 5.91 Å². The van der Waals surface area contributed by atoms with Crippen molar-refractivity contribution in [1.29, 1.82) is 0 Å². The number of unbranched alkanes of at least 4 members (excludes halogenated alkanes) is 1. The predicted molar refractivity (Wildman–Crippen MR) is 78.5 cm³/mol. The molecule has 4 heteroatoms. The highest BCUT2D eigenvalue weighted by molar-refractivity contribution is 7.80. The van der Waals surface area contributed by atoms with Crippen LogP contribution < -0.4 is 10.6 Å². The van der Waals surface area contributed by atoms with Gasteiger partial charge in [0.25, 0.3) is 0 Å². The van der Waals surface area contributed by atoms with Crippen LogP contribution in [0.3, 0.4) is 0 Å². The van der Waals surface area contributed by atoms with E-state index in [9.17, 15) is 4.79 Å². The van der Waals surface area contributed by atoms with Crippen LogP contribution in [0.25, 0.3) is 0 Å². The Labute approximate surface area is 114 Å². The maximum Gasteiger partial charge on any atom is 0.230 e. The standard InChI is InChI=1S/C14H20N2OS/c1-3-4-9-15-14(18)16-13(17)10-12-8-6-5-7-11(12)2/h5-8H,3-4,9-10H2,1-2H3,(H2,15,16,17,18). The first-order valence-electron chi connectivity index (χ1n) is 6.25. The quantitative estimate of drug-likeness (QED) is 0.633. The minimum Gasteiger partial charge on any atom is -0.362 e. The molecule has 1 rings (SSSR count). The van der Waals surface area contributed by atoms with Crippen molar-refractivity contribution in [3.8, 4) is 0 Å². The Bertz CT molecular complexity index is 418. The molecule has 1 aromatic carbocycles. The molecule has 98 valence electrons. The summed E-state index contributed by atoms with van der Waals surface area (Å²) >= 11 is 5.05. The van der Waals surface area contributed by atoms with Gasteiger partial charge >= 0.3 is 0 Å². The second kappa shape index (κ2) is 7.82. The van der Waals surface area contributed by atoms with E-state index in [0.29, 0.717) is 11.5 Å². The van der Waals surface area contributed by atoms with Crippen molar-refractivity contribution in [2.45, 2.75) is 33.1 Å². The van der Waals surface area contributed by atoms with Crippen LogP contribution in [0.5, 0.6) is 0 Å². The topological polar surface area (TPSA) is 41.1 Å². The number of aryl methyl sites for hydroxylation is 1. The van der Waals surface area contributed by atoms with Gasteiger partial charge in [0.05, 0.1) is 6.42 Å². The molecular formula is C14H20N2OS. The summed E-state index contributed by atoms with van der Waals surface area (Å²) in [7, 11) is 0. The van der Waals surface area contributed by atoms with Crippen LogP contribution in [-0.4, -0.2) is 17.6 Å². The van der Waals surface area contributed by atoms with Gasteiger partial charge in [-0.2, -0.15) is 0 Å². The molecular weight excluding hydrogens is 244 g/mol. The lowest BCUT2D eigenvalue weighted by Gasteiger charge is -2.09. The molecule has 0 spiro atoms. The van der Waals surface area contributed by atoms with Crippen LogP contribution in [0.4, 0.5) is 0 Å². The fraction of sp³-hybridized carbons (Fsp3) is 0.429. The molecule has 0 aliphatic rings. The van der Waals surface area contributed by atoms with Gasteiger partial charge in [-0.15, -0.1) is 0 Å². The highest BCUT2D eigenvalue weighted by Crippen LogP contribution is 2.07. The van der Waals surface area contributed by atoms with E-state index in [1.807, 2.05) is 31.2 Å². The molecule has 1 amide bonds. The molecule has 3 nitrogen and oxygen atoms in total. The van der Waals surface area contributed by atoms with Crippen LogP contribution in [0.2, 0.25) is 0 Å². The second-order valence-corrected chi connectivity index (χ2v) is 4.67. The lowest BCUT2D eigenvalue weighted by molar-refractivity contribution is -0.119. The maximum atomic E-state index is 11.8. The van der Waals surface area contributed by atoms with Gasteiger partial charge in [-0.1, -0.05) is 37.6 Å². The van der Waals surface area contributed by atoms with E-state index in [1.165, 1.54) is 0 Å². The first kappa shape index (κ1) is 14.6. The Kier molecular flexibility index (Phi) is 6.36. The van der Waals surface area contributed by atoms with E-state index < -0.39 is 0 Å².